The molecule has 1 aromatic heterocycles. The predicted octanol–water partition coefficient (Wildman–Crippen LogP) is 4.75. The van der Waals surface area contributed by atoms with Gasteiger partial charge in [-0.2, -0.15) is 0 Å². The molecule has 1 N–H and O–H groups in total. The highest BCUT2D eigenvalue weighted by Gasteiger charge is 2.26. The Morgan fingerprint density at radius 3 is 2.44 bits per heavy atom. The molecule has 1 heterocycles. The van der Waals surface area contributed by atoms with Crippen LogP contribution in [0.2, 0.25) is 10.0 Å². The molecule has 0 radical (unpaired) electrons. The largest absolute Gasteiger partial charge is 0.468 e. The van der Waals surface area contributed by atoms with Crippen LogP contribution in [0.15, 0.2) is 41.0 Å². The summed E-state index contributed by atoms with van der Waals surface area (Å²) in [6, 6.07) is 9.09. The van der Waals surface area contributed by atoms with Gasteiger partial charge in [-0.3, -0.25) is 9.69 Å². The second-order valence-corrected chi connectivity index (χ2v) is 7.45. The summed E-state index contributed by atoms with van der Waals surface area (Å²) in [5.41, 5.74) is 0.862. The number of furan rings is 1. The Morgan fingerprint density at radius 2 is 1.92 bits per heavy atom. The van der Waals surface area contributed by atoms with Crippen LogP contribution in [0, 0.1) is 5.92 Å². The maximum atomic E-state index is 12.8. The van der Waals surface area contributed by atoms with Crippen LogP contribution < -0.4 is 5.32 Å². The minimum Gasteiger partial charge on any atom is -0.468 e. The zero-order chi connectivity index (χ0) is 18.6. The van der Waals surface area contributed by atoms with Gasteiger partial charge in [-0.15, -0.1) is 0 Å². The summed E-state index contributed by atoms with van der Waals surface area (Å²) in [6.45, 7) is 4.50. The van der Waals surface area contributed by atoms with Gasteiger partial charge in [-0.25, -0.2) is 0 Å². The lowest BCUT2D eigenvalue weighted by atomic mass is 9.87. The first-order valence-corrected chi connectivity index (χ1v) is 8.99. The van der Waals surface area contributed by atoms with Gasteiger partial charge in [0.25, 0.3) is 0 Å². The van der Waals surface area contributed by atoms with Gasteiger partial charge in [0.2, 0.25) is 5.91 Å². The van der Waals surface area contributed by atoms with Crippen molar-refractivity contribution in [2.24, 2.45) is 5.92 Å². The van der Waals surface area contributed by atoms with Crippen LogP contribution in [-0.2, 0) is 4.79 Å². The number of hydrogen-bond donors (Lipinski definition) is 1. The smallest absolute Gasteiger partial charge is 0.227 e. The topological polar surface area (TPSA) is 45.5 Å². The molecule has 0 aliphatic rings. The van der Waals surface area contributed by atoms with E-state index in [9.17, 15) is 4.79 Å². The molecule has 136 valence electrons. The number of rotatable bonds is 7. The maximum absolute atomic E-state index is 12.8. The van der Waals surface area contributed by atoms with Crippen molar-refractivity contribution in [3.05, 3.63) is 58.0 Å². The van der Waals surface area contributed by atoms with Crippen molar-refractivity contribution in [2.75, 3.05) is 20.6 Å². The van der Waals surface area contributed by atoms with Gasteiger partial charge < -0.3 is 9.73 Å². The first-order valence-electron chi connectivity index (χ1n) is 8.23. The van der Waals surface area contributed by atoms with Crippen molar-refractivity contribution in [1.29, 1.82) is 0 Å². The average molecular weight is 383 g/mol. The van der Waals surface area contributed by atoms with Gasteiger partial charge in [-0.05, 0) is 49.8 Å². The number of likely N-dealkylation sites (N-methyl/N-ethyl adjacent to an activating group) is 1. The van der Waals surface area contributed by atoms with Crippen LogP contribution in [0.4, 0.5) is 0 Å². The Bertz CT molecular complexity index is 699. The minimum atomic E-state index is -0.297. The van der Waals surface area contributed by atoms with Crippen LogP contribution in [0.1, 0.15) is 37.1 Å². The molecule has 0 aliphatic carbocycles. The number of carbonyl (C=O) groups is 1. The van der Waals surface area contributed by atoms with E-state index in [2.05, 4.69) is 5.32 Å². The molecule has 25 heavy (non-hydrogen) atoms. The lowest BCUT2D eigenvalue weighted by Gasteiger charge is -2.26. The van der Waals surface area contributed by atoms with Crippen LogP contribution in [0.3, 0.4) is 0 Å². The summed E-state index contributed by atoms with van der Waals surface area (Å²) in [5, 5.41) is 3.99. The molecular weight excluding hydrogens is 359 g/mol. The minimum absolute atomic E-state index is 0.0273. The molecule has 0 saturated carbocycles. The molecule has 2 aromatic rings. The molecule has 2 atom stereocenters. The van der Waals surface area contributed by atoms with E-state index in [1.165, 1.54) is 0 Å². The summed E-state index contributed by atoms with van der Waals surface area (Å²) in [6.07, 6.45) is 1.64. The van der Waals surface area contributed by atoms with Gasteiger partial charge in [0.1, 0.15) is 5.76 Å². The van der Waals surface area contributed by atoms with Crippen molar-refractivity contribution in [1.82, 2.24) is 10.2 Å². The Kier molecular flexibility index (Phi) is 6.94. The van der Waals surface area contributed by atoms with E-state index in [1.54, 1.807) is 18.4 Å². The van der Waals surface area contributed by atoms with Crippen LogP contribution >= 0.6 is 23.2 Å². The molecule has 0 bridgehead atoms. The first kappa shape index (κ1) is 19.8. The fourth-order valence-corrected chi connectivity index (χ4v) is 3.18. The highest BCUT2D eigenvalue weighted by molar-refractivity contribution is 6.42. The van der Waals surface area contributed by atoms with Gasteiger partial charge >= 0.3 is 0 Å². The summed E-state index contributed by atoms with van der Waals surface area (Å²) < 4.78 is 5.49. The molecule has 0 aliphatic heterocycles. The van der Waals surface area contributed by atoms with E-state index < -0.39 is 0 Å². The normalized spacial score (nSPS) is 13.9. The monoisotopic (exact) mass is 382 g/mol. The molecule has 2 rings (SSSR count). The molecule has 6 heteroatoms. The fourth-order valence-electron chi connectivity index (χ4n) is 2.87. The third-order valence-corrected chi connectivity index (χ3v) is 4.96. The molecule has 4 nitrogen and oxygen atoms in total. The van der Waals surface area contributed by atoms with Crippen molar-refractivity contribution < 1.29 is 9.21 Å². The number of nitrogens with zero attached hydrogens (tertiary/aromatic N) is 1. The summed E-state index contributed by atoms with van der Waals surface area (Å²) >= 11 is 12.1. The van der Waals surface area contributed by atoms with E-state index in [1.807, 2.05) is 51.0 Å². The number of hydrogen-bond acceptors (Lipinski definition) is 3. The third kappa shape index (κ3) is 5.00. The standard InChI is InChI=1S/C19H24Cl2N2O2/c1-12(2)18(13-7-8-14(20)15(21)10-13)19(24)22-11-16(23(3)4)17-6-5-9-25-17/h5-10,12,16,18H,11H2,1-4H3,(H,22,24). The average Bonchev–Trinajstić information content (AvgIpc) is 3.04. The number of carbonyl (C=O) groups excluding carboxylic acids is 1. The first-order chi connectivity index (χ1) is 11.8. The van der Waals surface area contributed by atoms with Gasteiger partial charge in [0.15, 0.2) is 0 Å². The van der Waals surface area contributed by atoms with Crippen molar-refractivity contribution >= 4 is 29.1 Å². The fraction of sp³-hybridized carbons (Fsp3) is 0.421. The number of amides is 1. The zero-order valence-corrected chi connectivity index (χ0v) is 16.4. The molecular formula is C19H24Cl2N2O2. The Labute approximate surface area is 159 Å². The number of nitrogens with one attached hydrogen (secondary N) is 1. The lowest BCUT2D eigenvalue weighted by Crippen LogP contribution is -2.38. The zero-order valence-electron chi connectivity index (χ0n) is 14.9. The van der Waals surface area contributed by atoms with E-state index in [-0.39, 0.29) is 23.8 Å². The van der Waals surface area contributed by atoms with Gasteiger partial charge in [0, 0.05) is 6.54 Å². The molecule has 0 fully saturated rings. The van der Waals surface area contributed by atoms with Crippen molar-refractivity contribution in [3.8, 4) is 0 Å². The number of benzene rings is 1. The SMILES string of the molecule is CC(C)C(C(=O)NCC(c1ccco1)N(C)C)c1ccc(Cl)c(Cl)c1. The highest BCUT2D eigenvalue weighted by atomic mass is 35.5. The summed E-state index contributed by atoms with van der Waals surface area (Å²) in [4.78, 5) is 14.9. The molecule has 1 aromatic carbocycles. The highest BCUT2D eigenvalue weighted by Crippen LogP contribution is 2.30. The van der Waals surface area contributed by atoms with E-state index in [0.29, 0.717) is 16.6 Å². The third-order valence-electron chi connectivity index (χ3n) is 4.22. The number of halogens is 2. The predicted molar refractivity (Wildman–Crippen MR) is 102 cm³/mol. The Hall–Kier alpha value is -1.49. The van der Waals surface area contributed by atoms with Gasteiger partial charge in [-0.1, -0.05) is 43.1 Å². The molecule has 2 unspecified atom stereocenters. The van der Waals surface area contributed by atoms with Crippen molar-refractivity contribution in [3.63, 3.8) is 0 Å². The van der Waals surface area contributed by atoms with Gasteiger partial charge in [0.05, 0.1) is 28.3 Å². The second-order valence-electron chi connectivity index (χ2n) is 6.64. The molecule has 1 amide bonds. The van der Waals surface area contributed by atoms with E-state index in [0.717, 1.165) is 11.3 Å². The van der Waals surface area contributed by atoms with Crippen LogP contribution in [0.25, 0.3) is 0 Å². The second kappa shape index (κ2) is 8.75. The van der Waals surface area contributed by atoms with E-state index >= 15 is 0 Å². The lowest BCUT2D eigenvalue weighted by molar-refractivity contribution is -0.123. The van der Waals surface area contributed by atoms with E-state index in [4.69, 9.17) is 27.6 Å². The van der Waals surface area contributed by atoms with Crippen molar-refractivity contribution in [2.45, 2.75) is 25.8 Å². The van der Waals surface area contributed by atoms with Crippen LogP contribution in [-0.4, -0.2) is 31.4 Å². The quantitative estimate of drug-likeness (QED) is 0.751. The Balaban J connectivity index is 2.13. The maximum Gasteiger partial charge on any atom is 0.227 e. The summed E-state index contributed by atoms with van der Waals surface area (Å²) in [5.74, 6) is 0.612. The summed E-state index contributed by atoms with van der Waals surface area (Å²) in [7, 11) is 3.91. The molecule has 0 spiro atoms. The molecule has 0 saturated heterocycles. The Morgan fingerprint density at radius 1 is 1.20 bits per heavy atom. The van der Waals surface area contributed by atoms with Crippen LogP contribution in [0.5, 0.6) is 0 Å².